The SMILES string of the molecule is CC1CN(Cc2ccc3c(c2)CCc2nc(-c4noc(-c5ccccc5)c4C(F)(F)F)sc2-3)C1. The van der Waals surface area contributed by atoms with Crippen LogP contribution in [-0.2, 0) is 25.6 Å². The zero-order chi connectivity index (χ0) is 23.4. The minimum atomic E-state index is -4.62. The van der Waals surface area contributed by atoms with E-state index in [0.717, 1.165) is 48.1 Å². The highest BCUT2D eigenvalue weighted by molar-refractivity contribution is 7.18. The highest BCUT2D eigenvalue weighted by atomic mass is 32.1. The van der Waals surface area contributed by atoms with Crippen LogP contribution in [0.1, 0.15) is 29.3 Å². The molecule has 4 nitrogen and oxygen atoms in total. The molecule has 8 heteroatoms. The summed E-state index contributed by atoms with van der Waals surface area (Å²) in [6.45, 7) is 5.45. The lowest BCUT2D eigenvalue weighted by atomic mass is 9.91. The van der Waals surface area contributed by atoms with E-state index in [1.807, 2.05) is 0 Å². The Morgan fingerprint density at radius 2 is 1.88 bits per heavy atom. The van der Waals surface area contributed by atoms with Crippen LogP contribution in [0.15, 0.2) is 53.1 Å². The number of fused-ring (bicyclic) bond motifs is 3. The smallest absolute Gasteiger partial charge is 0.355 e. The fraction of sp³-hybridized carbons (Fsp3) is 0.308. The van der Waals surface area contributed by atoms with Crippen LogP contribution in [0.4, 0.5) is 13.2 Å². The topological polar surface area (TPSA) is 42.2 Å². The van der Waals surface area contributed by atoms with E-state index in [2.05, 4.69) is 40.2 Å². The van der Waals surface area contributed by atoms with E-state index in [9.17, 15) is 13.2 Å². The van der Waals surface area contributed by atoms with Gasteiger partial charge in [-0.1, -0.05) is 60.6 Å². The molecule has 174 valence electrons. The molecule has 2 aromatic heterocycles. The summed E-state index contributed by atoms with van der Waals surface area (Å²) in [5.41, 5.74) is 3.63. The van der Waals surface area contributed by atoms with Gasteiger partial charge in [0.1, 0.15) is 10.6 Å². The largest absolute Gasteiger partial charge is 0.422 e. The van der Waals surface area contributed by atoms with E-state index in [1.165, 1.54) is 22.5 Å². The zero-order valence-electron chi connectivity index (χ0n) is 18.5. The van der Waals surface area contributed by atoms with Crippen molar-refractivity contribution < 1.29 is 17.7 Å². The van der Waals surface area contributed by atoms with Crippen LogP contribution in [0.25, 0.3) is 32.5 Å². The third-order valence-electron chi connectivity index (χ3n) is 6.50. The minimum Gasteiger partial charge on any atom is -0.355 e. The standard InChI is InChI=1S/C26H22F3N3OS/c1-15-12-32(13-15)14-16-7-9-19-18(11-16)8-10-20-24(19)34-25(30-20)22-21(26(27,28)29)23(33-31-22)17-5-3-2-4-6-17/h2-7,9,11,15H,8,10,12-14H2,1H3. The normalized spacial score (nSPS) is 16.2. The van der Waals surface area contributed by atoms with Gasteiger partial charge in [-0.3, -0.25) is 4.90 Å². The van der Waals surface area contributed by atoms with Gasteiger partial charge in [0.05, 0.1) is 10.6 Å². The Labute approximate surface area is 199 Å². The molecule has 1 aliphatic heterocycles. The molecule has 3 heterocycles. The van der Waals surface area contributed by atoms with Crippen LogP contribution in [0.2, 0.25) is 0 Å². The predicted molar refractivity (Wildman–Crippen MR) is 125 cm³/mol. The van der Waals surface area contributed by atoms with Crippen molar-refractivity contribution in [1.29, 1.82) is 0 Å². The second kappa shape index (κ2) is 8.06. The van der Waals surface area contributed by atoms with E-state index < -0.39 is 11.7 Å². The summed E-state index contributed by atoms with van der Waals surface area (Å²) in [5, 5.41) is 4.09. The second-order valence-electron chi connectivity index (χ2n) is 9.18. The van der Waals surface area contributed by atoms with Gasteiger partial charge in [-0.2, -0.15) is 13.2 Å². The Hall–Kier alpha value is -2.97. The molecule has 0 unspecified atom stereocenters. The number of aromatic nitrogens is 2. The highest BCUT2D eigenvalue weighted by Gasteiger charge is 2.42. The van der Waals surface area contributed by atoms with Gasteiger partial charge in [0, 0.05) is 25.2 Å². The second-order valence-corrected chi connectivity index (χ2v) is 10.2. The summed E-state index contributed by atoms with van der Waals surface area (Å²) in [5.74, 6) is 0.484. The van der Waals surface area contributed by atoms with E-state index in [1.54, 1.807) is 30.3 Å². The number of halogens is 3. The third kappa shape index (κ3) is 3.75. The van der Waals surface area contributed by atoms with Crippen molar-refractivity contribution in [3.8, 4) is 32.5 Å². The van der Waals surface area contributed by atoms with E-state index in [-0.39, 0.29) is 16.5 Å². The fourth-order valence-electron chi connectivity index (χ4n) is 4.96. The first-order valence-corrected chi connectivity index (χ1v) is 12.2. The zero-order valence-corrected chi connectivity index (χ0v) is 19.3. The van der Waals surface area contributed by atoms with Crippen molar-refractivity contribution in [3.63, 3.8) is 0 Å². The van der Waals surface area contributed by atoms with E-state index in [4.69, 9.17) is 4.52 Å². The molecule has 1 fully saturated rings. The number of aryl methyl sites for hydroxylation is 2. The number of nitrogens with zero attached hydrogens (tertiary/aromatic N) is 3. The van der Waals surface area contributed by atoms with Crippen molar-refractivity contribution in [3.05, 3.63) is 70.9 Å². The number of alkyl halides is 3. The fourth-order valence-corrected chi connectivity index (χ4v) is 6.12. The summed E-state index contributed by atoms with van der Waals surface area (Å²) in [7, 11) is 0. The van der Waals surface area contributed by atoms with Crippen LogP contribution in [0.3, 0.4) is 0 Å². The molecule has 2 aromatic carbocycles. The predicted octanol–water partition coefficient (Wildman–Crippen LogP) is 6.70. The van der Waals surface area contributed by atoms with Gasteiger partial charge in [0.2, 0.25) is 0 Å². The average molecular weight is 482 g/mol. The molecule has 1 aliphatic carbocycles. The van der Waals surface area contributed by atoms with Gasteiger partial charge in [-0.15, -0.1) is 11.3 Å². The maximum absolute atomic E-state index is 14.1. The molecule has 0 amide bonds. The van der Waals surface area contributed by atoms with Crippen LogP contribution in [0, 0.1) is 5.92 Å². The molecular weight excluding hydrogens is 459 g/mol. The molecular formula is C26H22F3N3OS. The van der Waals surface area contributed by atoms with Gasteiger partial charge in [0.25, 0.3) is 0 Å². The molecule has 0 N–H and O–H groups in total. The molecule has 0 bridgehead atoms. The van der Waals surface area contributed by atoms with Crippen molar-refractivity contribution in [2.24, 2.45) is 5.92 Å². The molecule has 4 aromatic rings. The Kier molecular flexibility index (Phi) is 5.11. The Bertz CT molecular complexity index is 1350. The molecule has 0 radical (unpaired) electrons. The average Bonchev–Trinajstić information content (AvgIpc) is 3.43. The van der Waals surface area contributed by atoms with Gasteiger partial charge < -0.3 is 4.52 Å². The first-order chi connectivity index (χ1) is 16.4. The van der Waals surface area contributed by atoms with Crippen molar-refractivity contribution >= 4 is 11.3 Å². The van der Waals surface area contributed by atoms with Crippen LogP contribution < -0.4 is 0 Å². The maximum atomic E-state index is 14.1. The number of rotatable bonds is 4. The number of hydrogen-bond donors (Lipinski definition) is 0. The summed E-state index contributed by atoms with van der Waals surface area (Å²) in [6.07, 6.45) is -3.09. The molecule has 6 rings (SSSR count). The first kappa shape index (κ1) is 21.6. The van der Waals surface area contributed by atoms with Crippen molar-refractivity contribution in [2.75, 3.05) is 13.1 Å². The molecule has 0 spiro atoms. The quantitative estimate of drug-likeness (QED) is 0.325. The lowest BCUT2D eigenvalue weighted by molar-refractivity contribution is -0.136. The summed E-state index contributed by atoms with van der Waals surface area (Å²) in [6, 6.07) is 14.7. The number of benzene rings is 2. The summed E-state index contributed by atoms with van der Waals surface area (Å²) < 4.78 is 47.6. The minimum absolute atomic E-state index is 0.240. The molecule has 0 atom stereocenters. The first-order valence-electron chi connectivity index (χ1n) is 11.3. The molecule has 0 saturated carbocycles. The number of thiazole rings is 1. The summed E-state index contributed by atoms with van der Waals surface area (Å²) in [4.78, 5) is 7.95. The van der Waals surface area contributed by atoms with Crippen LogP contribution in [0.5, 0.6) is 0 Å². The Morgan fingerprint density at radius 3 is 2.62 bits per heavy atom. The molecule has 2 aliphatic rings. The van der Waals surface area contributed by atoms with Crippen LogP contribution in [-0.4, -0.2) is 28.1 Å². The molecule has 1 saturated heterocycles. The molecule has 34 heavy (non-hydrogen) atoms. The third-order valence-corrected chi connectivity index (χ3v) is 7.64. The number of likely N-dealkylation sites (tertiary alicyclic amines) is 1. The van der Waals surface area contributed by atoms with Gasteiger partial charge in [-0.05, 0) is 35.4 Å². The van der Waals surface area contributed by atoms with E-state index in [0.29, 0.717) is 12.0 Å². The van der Waals surface area contributed by atoms with Gasteiger partial charge >= 0.3 is 6.18 Å². The van der Waals surface area contributed by atoms with Gasteiger partial charge in [0.15, 0.2) is 11.5 Å². The van der Waals surface area contributed by atoms with Crippen molar-refractivity contribution in [2.45, 2.75) is 32.5 Å². The van der Waals surface area contributed by atoms with Crippen LogP contribution >= 0.6 is 11.3 Å². The van der Waals surface area contributed by atoms with E-state index >= 15 is 0 Å². The lowest BCUT2D eigenvalue weighted by Gasteiger charge is -2.37. The Balaban J connectivity index is 1.37. The van der Waals surface area contributed by atoms with Gasteiger partial charge in [-0.25, -0.2) is 4.98 Å². The number of hydrogen-bond acceptors (Lipinski definition) is 5. The Morgan fingerprint density at radius 1 is 1.09 bits per heavy atom. The lowest BCUT2D eigenvalue weighted by Crippen LogP contribution is -2.44. The van der Waals surface area contributed by atoms with Crippen molar-refractivity contribution in [1.82, 2.24) is 15.0 Å². The summed E-state index contributed by atoms with van der Waals surface area (Å²) >= 11 is 1.26. The highest BCUT2D eigenvalue weighted by Crippen LogP contribution is 2.47. The monoisotopic (exact) mass is 481 g/mol. The maximum Gasteiger partial charge on any atom is 0.422 e.